The molecule has 0 aliphatic carbocycles. The van der Waals surface area contributed by atoms with Crippen molar-refractivity contribution < 1.29 is 9.90 Å². The fourth-order valence-corrected chi connectivity index (χ4v) is 1.35. The van der Waals surface area contributed by atoms with Crippen LogP contribution in [0.15, 0.2) is 18.2 Å². The van der Waals surface area contributed by atoms with Gasteiger partial charge in [0.2, 0.25) is 0 Å². The van der Waals surface area contributed by atoms with Crippen molar-refractivity contribution in [2.75, 3.05) is 14.1 Å². The number of benzene rings is 1. The minimum absolute atomic E-state index is 0.0584. The number of carbonyl (C=O) groups excluding carboxylic acids is 1. The van der Waals surface area contributed by atoms with Crippen LogP contribution in [0, 0.1) is 0 Å². The summed E-state index contributed by atoms with van der Waals surface area (Å²) >= 11 is 0. The summed E-state index contributed by atoms with van der Waals surface area (Å²) in [6.07, 6.45) is 0.739. The Morgan fingerprint density at radius 3 is 2.57 bits per heavy atom. The van der Waals surface area contributed by atoms with Gasteiger partial charge in [0.25, 0.3) is 5.91 Å². The minimum atomic E-state index is -0.153. The first-order valence-corrected chi connectivity index (χ1v) is 4.60. The summed E-state index contributed by atoms with van der Waals surface area (Å²) in [5, 5.41) is 9.59. The van der Waals surface area contributed by atoms with E-state index in [1.807, 2.05) is 13.0 Å². The summed E-state index contributed by atoms with van der Waals surface area (Å²) in [6, 6.07) is 5.15. The Balaban J connectivity index is 3.23. The van der Waals surface area contributed by atoms with Gasteiger partial charge in [-0.3, -0.25) is 4.79 Å². The maximum absolute atomic E-state index is 11.7. The fraction of sp³-hybridized carbons (Fsp3) is 0.364. The minimum Gasteiger partial charge on any atom is -0.507 e. The zero-order valence-electron chi connectivity index (χ0n) is 8.74. The molecule has 1 aromatic rings. The van der Waals surface area contributed by atoms with Gasteiger partial charge in [-0.25, -0.2) is 0 Å². The molecular formula is C11H15NO2. The zero-order valence-corrected chi connectivity index (χ0v) is 8.74. The highest BCUT2D eigenvalue weighted by Crippen LogP contribution is 2.22. The van der Waals surface area contributed by atoms with E-state index in [9.17, 15) is 9.90 Å². The monoisotopic (exact) mass is 193 g/mol. The molecule has 3 nitrogen and oxygen atoms in total. The van der Waals surface area contributed by atoms with E-state index in [2.05, 4.69) is 0 Å². The van der Waals surface area contributed by atoms with Crippen LogP contribution < -0.4 is 0 Å². The molecule has 1 amide bonds. The summed E-state index contributed by atoms with van der Waals surface area (Å²) in [5.74, 6) is -0.0944. The second-order valence-corrected chi connectivity index (χ2v) is 3.36. The average Bonchev–Trinajstić information content (AvgIpc) is 2.16. The molecule has 0 heterocycles. The fourth-order valence-electron chi connectivity index (χ4n) is 1.35. The van der Waals surface area contributed by atoms with Gasteiger partial charge in [-0.2, -0.15) is 0 Å². The number of amides is 1. The number of carbonyl (C=O) groups is 1. The van der Waals surface area contributed by atoms with E-state index in [-0.39, 0.29) is 11.7 Å². The van der Waals surface area contributed by atoms with E-state index in [1.54, 1.807) is 20.2 Å². The molecule has 76 valence electrons. The van der Waals surface area contributed by atoms with Crippen LogP contribution in [0.2, 0.25) is 0 Å². The molecule has 0 aliphatic heterocycles. The number of aryl methyl sites for hydroxylation is 1. The van der Waals surface area contributed by atoms with Crippen LogP contribution in [0.3, 0.4) is 0 Å². The van der Waals surface area contributed by atoms with E-state index >= 15 is 0 Å². The van der Waals surface area contributed by atoms with E-state index in [4.69, 9.17) is 0 Å². The standard InChI is InChI=1S/C11H15NO2/c1-4-8-6-5-7-9(13)10(8)11(14)12(2)3/h5-7,13H,4H2,1-3H3. The number of nitrogens with zero attached hydrogens (tertiary/aromatic N) is 1. The Morgan fingerprint density at radius 1 is 1.43 bits per heavy atom. The lowest BCUT2D eigenvalue weighted by Crippen LogP contribution is -2.23. The number of aromatic hydroxyl groups is 1. The van der Waals surface area contributed by atoms with E-state index in [0.29, 0.717) is 5.56 Å². The molecule has 0 spiro atoms. The second-order valence-electron chi connectivity index (χ2n) is 3.36. The SMILES string of the molecule is CCc1cccc(O)c1C(=O)N(C)C. The van der Waals surface area contributed by atoms with E-state index < -0.39 is 0 Å². The quantitative estimate of drug-likeness (QED) is 0.776. The van der Waals surface area contributed by atoms with Crippen molar-refractivity contribution in [2.24, 2.45) is 0 Å². The third-order valence-corrected chi connectivity index (χ3v) is 2.13. The molecule has 0 saturated carbocycles. The third-order valence-electron chi connectivity index (χ3n) is 2.13. The predicted molar refractivity (Wildman–Crippen MR) is 55.5 cm³/mol. The highest BCUT2D eigenvalue weighted by molar-refractivity contribution is 5.98. The number of phenols is 1. The van der Waals surface area contributed by atoms with Crippen molar-refractivity contribution in [3.63, 3.8) is 0 Å². The molecule has 0 radical (unpaired) electrons. The highest BCUT2D eigenvalue weighted by Gasteiger charge is 2.16. The lowest BCUT2D eigenvalue weighted by molar-refractivity contribution is 0.0823. The van der Waals surface area contributed by atoms with Crippen LogP contribution >= 0.6 is 0 Å². The van der Waals surface area contributed by atoms with Crippen molar-refractivity contribution in [3.8, 4) is 5.75 Å². The summed E-state index contributed by atoms with van der Waals surface area (Å²) in [4.78, 5) is 13.2. The summed E-state index contributed by atoms with van der Waals surface area (Å²) in [7, 11) is 3.35. The Morgan fingerprint density at radius 2 is 2.07 bits per heavy atom. The van der Waals surface area contributed by atoms with Crippen molar-refractivity contribution in [3.05, 3.63) is 29.3 Å². The van der Waals surface area contributed by atoms with Gasteiger partial charge in [-0.05, 0) is 18.1 Å². The van der Waals surface area contributed by atoms with Crippen LogP contribution in [0.4, 0.5) is 0 Å². The molecule has 0 fully saturated rings. The molecule has 1 N–H and O–H groups in total. The molecule has 0 atom stereocenters. The van der Waals surface area contributed by atoms with Crippen LogP contribution in [0.25, 0.3) is 0 Å². The molecular weight excluding hydrogens is 178 g/mol. The normalized spacial score (nSPS) is 9.93. The maximum atomic E-state index is 11.7. The van der Waals surface area contributed by atoms with Crippen LogP contribution in [0.1, 0.15) is 22.8 Å². The van der Waals surface area contributed by atoms with E-state index in [1.165, 1.54) is 11.0 Å². The molecule has 0 unspecified atom stereocenters. The van der Waals surface area contributed by atoms with Gasteiger partial charge in [0.15, 0.2) is 0 Å². The topological polar surface area (TPSA) is 40.5 Å². The summed E-state index contributed by atoms with van der Waals surface area (Å²) in [6.45, 7) is 1.96. The van der Waals surface area contributed by atoms with E-state index in [0.717, 1.165) is 12.0 Å². The molecule has 3 heteroatoms. The molecule has 1 aromatic carbocycles. The largest absolute Gasteiger partial charge is 0.507 e. The predicted octanol–water partition coefficient (Wildman–Crippen LogP) is 1.66. The van der Waals surface area contributed by atoms with Gasteiger partial charge < -0.3 is 10.0 Å². The van der Waals surface area contributed by atoms with Gasteiger partial charge >= 0.3 is 0 Å². The average molecular weight is 193 g/mol. The van der Waals surface area contributed by atoms with Crippen molar-refractivity contribution >= 4 is 5.91 Å². The van der Waals surface area contributed by atoms with Crippen LogP contribution in [-0.4, -0.2) is 30.0 Å². The first-order chi connectivity index (χ1) is 6.57. The number of hydrogen-bond donors (Lipinski definition) is 1. The van der Waals surface area contributed by atoms with Gasteiger partial charge in [0.05, 0.1) is 5.56 Å². The Labute approximate surface area is 84.0 Å². The Bertz CT molecular complexity index is 345. The van der Waals surface area contributed by atoms with Gasteiger partial charge in [-0.1, -0.05) is 19.1 Å². The van der Waals surface area contributed by atoms with Gasteiger partial charge in [0.1, 0.15) is 5.75 Å². The summed E-state index contributed by atoms with van der Waals surface area (Å²) < 4.78 is 0. The third kappa shape index (κ3) is 1.87. The van der Waals surface area contributed by atoms with Gasteiger partial charge in [-0.15, -0.1) is 0 Å². The van der Waals surface area contributed by atoms with Crippen molar-refractivity contribution in [1.29, 1.82) is 0 Å². The maximum Gasteiger partial charge on any atom is 0.257 e. The van der Waals surface area contributed by atoms with Crippen LogP contribution in [0.5, 0.6) is 5.75 Å². The number of rotatable bonds is 2. The Hall–Kier alpha value is -1.51. The highest BCUT2D eigenvalue weighted by atomic mass is 16.3. The second kappa shape index (κ2) is 4.13. The summed E-state index contributed by atoms with van der Waals surface area (Å²) in [5.41, 5.74) is 1.30. The Kier molecular flexibility index (Phi) is 3.12. The van der Waals surface area contributed by atoms with Crippen molar-refractivity contribution in [1.82, 2.24) is 4.90 Å². The van der Waals surface area contributed by atoms with Crippen molar-refractivity contribution in [2.45, 2.75) is 13.3 Å². The molecule has 0 aliphatic rings. The lowest BCUT2D eigenvalue weighted by atomic mass is 10.0. The lowest BCUT2D eigenvalue weighted by Gasteiger charge is -2.14. The molecule has 0 bridgehead atoms. The molecule has 0 aromatic heterocycles. The number of phenolic OH excluding ortho intramolecular Hbond substituents is 1. The first kappa shape index (κ1) is 10.6. The number of hydrogen-bond acceptors (Lipinski definition) is 2. The molecule has 14 heavy (non-hydrogen) atoms. The molecule has 1 rings (SSSR count). The van der Waals surface area contributed by atoms with Crippen LogP contribution in [-0.2, 0) is 6.42 Å². The zero-order chi connectivity index (χ0) is 10.7. The van der Waals surface area contributed by atoms with Gasteiger partial charge in [0, 0.05) is 14.1 Å². The first-order valence-electron chi connectivity index (χ1n) is 4.60. The smallest absolute Gasteiger partial charge is 0.257 e. The molecule has 0 saturated heterocycles.